The van der Waals surface area contributed by atoms with Gasteiger partial charge in [-0.3, -0.25) is 9.69 Å². The molecule has 7 nitrogen and oxygen atoms in total. The lowest BCUT2D eigenvalue weighted by atomic mass is 9.94. The van der Waals surface area contributed by atoms with Gasteiger partial charge < -0.3 is 4.98 Å². The van der Waals surface area contributed by atoms with Crippen molar-refractivity contribution in [3.05, 3.63) is 87.0 Å². The van der Waals surface area contributed by atoms with Gasteiger partial charge in [-0.15, -0.1) is 5.10 Å². The first-order valence-corrected chi connectivity index (χ1v) is 12.4. The molecule has 0 spiro atoms. The van der Waals surface area contributed by atoms with Crippen LogP contribution in [0.2, 0.25) is 0 Å². The van der Waals surface area contributed by atoms with Crippen LogP contribution in [0.5, 0.6) is 0 Å². The summed E-state index contributed by atoms with van der Waals surface area (Å²) in [6.07, 6.45) is 6.77. The second-order valence-electron chi connectivity index (χ2n) is 9.81. The molecule has 34 heavy (non-hydrogen) atoms. The van der Waals surface area contributed by atoms with Crippen molar-refractivity contribution >= 4 is 10.9 Å². The van der Waals surface area contributed by atoms with E-state index >= 15 is 0 Å². The fourth-order valence-electron chi connectivity index (χ4n) is 5.75. The van der Waals surface area contributed by atoms with Crippen molar-refractivity contribution in [1.29, 1.82) is 0 Å². The molecule has 0 bridgehead atoms. The topological polar surface area (TPSA) is 79.7 Å². The minimum atomic E-state index is -0.307. The summed E-state index contributed by atoms with van der Waals surface area (Å²) in [7, 11) is 0. The van der Waals surface area contributed by atoms with E-state index in [0.717, 1.165) is 49.1 Å². The first-order valence-electron chi connectivity index (χ1n) is 12.4. The molecule has 1 aliphatic carbocycles. The van der Waals surface area contributed by atoms with Crippen LogP contribution in [0.15, 0.2) is 53.3 Å². The number of H-pyrrole nitrogens is 1. The van der Waals surface area contributed by atoms with Gasteiger partial charge in [-0.05, 0) is 71.3 Å². The third-order valence-electron chi connectivity index (χ3n) is 7.53. The fourth-order valence-corrected chi connectivity index (χ4v) is 5.75. The number of rotatable bonds is 4. The Hall–Kier alpha value is -3.32. The molecule has 0 saturated heterocycles. The van der Waals surface area contributed by atoms with Gasteiger partial charge in [0.05, 0.1) is 6.04 Å². The number of hydrogen-bond donors (Lipinski definition) is 1. The number of hydrogen-bond acceptors (Lipinski definition) is 5. The van der Waals surface area contributed by atoms with E-state index in [0.29, 0.717) is 11.6 Å². The molecule has 0 unspecified atom stereocenters. The number of aryl methyl sites for hydroxylation is 1. The lowest BCUT2D eigenvalue weighted by Crippen LogP contribution is -2.39. The smallest absolute Gasteiger partial charge is 0.253 e. The highest BCUT2D eigenvalue weighted by atomic mass is 16.1. The summed E-state index contributed by atoms with van der Waals surface area (Å²) in [4.78, 5) is 19.0. The third-order valence-corrected chi connectivity index (χ3v) is 7.53. The Morgan fingerprint density at radius 3 is 2.71 bits per heavy atom. The highest BCUT2D eigenvalue weighted by molar-refractivity contribution is 5.79. The summed E-state index contributed by atoms with van der Waals surface area (Å²) in [5, 5.41) is 14.1. The molecule has 2 aromatic heterocycles. The number of aromatic amines is 1. The number of aromatic nitrogens is 5. The van der Waals surface area contributed by atoms with Gasteiger partial charge in [0.25, 0.3) is 5.56 Å². The molecule has 0 radical (unpaired) electrons. The van der Waals surface area contributed by atoms with Crippen LogP contribution in [0.25, 0.3) is 10.9 Å². The van der Waals surface area contributed by atoms with Crippen LogP contribution in [-0.4, -0.2) is 36.6 Å². The van der Waals surface area contributed by atoms with Crippen LogP contribution in [0, 0.1) is 6.92 Å². The summed E-state index contributed by atoms with van der Waals surface area (Å²) in [5.74, 6) is 0.781. The molecule has 4 aromatic rings. The molecule has 1 N–H and O–H groups in total. The van der Waals surface area contributed by atoms with Gasteiger partial charge in [-0.1, -0.05) is 55.2 Å². The van der Waals surface area contributed by atoms with Crippen molar-refractivity contribution in [2.75, 3.05) is 6.54 Å². The van der Waals surface area contributed by atoms with Gasteiger partial charge in [0, 0.05) is 24.2 Å². The quantitative estimate of drug-likeness (QED) is 0.492. The first-order chi connectivity index (χ1) is 16.7. The molecular weight excluding hydrogens is 424 g/mol. The van der Waals surface area contributed by atoms with E-state index in [1.54, 1.807) is 0 Å². The van der Waals surface area contributed by atoms with Crippen molar-refractivity contribution in [3.63, 3.8) is 0 Å². The summed E-state index contributed by atoms with van der Waals surface area (Å²) in [5.41, 5.74) is 5.36. The Balaban J connectivity index is 1.49. The average Bonchev–Trinajstić information content (AvgIpc) is 3.35. The number of benzene rings is 2. The Kier molecular flexibility index (Phi) is 5.49. The zero-order valence-electron chi connectivity index (χ0n) is 19.6. The highest BCUT2D eigenvalue weighted by Crippen LogP contribution is 2.35. The predicted molar refractivity (Wildman–Crippen MR) is 132 cm³/mol. The predicted octanol–water partition coefficient (Wildman–Crippen LogP) is 4.48. The Bertz CT molecular complexity index is 1380. The van der Waals surface area contributed by atoms with E-state index in [9.17, 15) is 4.79 Å². The maximum Gasteiger partial charge on any atom is 0.253 e. The van der Waals surface area contributed by atoms with E-state index in [2.05, 4.69) is 62.7 Å². The standard InChI is InChI=1S/C27H30N6O/c1-18-11-12-24-21(15-18)16-23(27(34)28-24)25(32-14-13-19-7-5-6-8-20(19)17-32)26-29-30-31-33(26)22-9-3-2-4-10-22/h5-8,11-12,15-16,22,25H,2-4,9-10,13-14,17H2,1H3,(H,28,34)/t25-/m1/s1. The summed E-state index contributed by atoms with van der Waals surface area (Å²) in [6, 6.07) is 16.8. The molecule has 1 fully saturated rings. The Labute approximate surface area is 198 Å². The van der Waals surface area contributed by atoms with Gasteiger partial charge in [-0.25, -0.2) is 4.68 Å². The van der Waals surface area contributed by atoms with Crippen LogP contribution in [0.3, 0.4) is 0 Å². The van der Waals surface area contributed by atoms with Crippen LogP contribution in [0.4, 0.5) is 0 Å². The van der Waals surface area contributed by atoms with Crippen molar-refractivity contribution in [1.82, 2.24) is 30.1 Å². The highest BCUT2D eigenvalue weighted by Gasteiger charge is 2.34. The largest absolute Gasteiger partial charge is 0.322 e. The molecule has 174 valence electrons. The van der Waals surface area contributed by atoms with Crippen molar-refractivity contribution in [3.8, 4) is 0 Å². The zero-order chi connectivity index (χ0) is 23.1. The number of nitrogens with zero attached hydrogens (tertiary/aromatic N) is 5. The lowest BCUT2D eigenvalue weighted by molar-refractivity contribution is 0.187. The molecule has 6 rings (SSSR count). The van der Waals surface area contributed by atoms with Gasteiger partial charge in [-0.2, -0.15) is 0 Å². The monoisotopic (exact) mass is 454 g/mol. The molecule has 0 amide bonds. The Morgan fingerprint density at radius 1 is 1.03 bits per heavy atom. The fraction of sp³-hybridized carbons (Fsp3) is 0.407. The zero-order valence-corrected chi connectivity index (χ0v) is 19.6. The van der Waals surface area contributed by atoms with Crippen LogP contribution < -0.4 is 5.56 Å². The number of fused-ring (bicyclic) bond motifs is 2. The number of pyridine rings is 1. The van der Waals surface area contributed by atoms with Gasteiger partial charge >= 0.3 is 0 Å². The van der Waals surface area contributed by atoms with E-state index in [4.69, 9.17) is 0 Å². The van der Waals surface area contributed by atoms with Crippen LogP contribution in [0.1, 0.15) is 72.3 Å². The van der Waals surface area contributed by atoms with Gasteiger partial charge in [0.1, 0.15) is 6.04 Å². The van der Waals surface area contributed by atoms with Crippen molar-refractivity contribution < 1.29 is 0 Å². The molecule has 1 atom stereocenters. The maximum atomic E-state index is 13.5. The molecule has 1 saturated carbocycles. The second kappa shape index (κ2) is 8.80. The minimum Gasteiger partial charge on any atom is -0.322 e. The summed E-state index contributed by atoms with van der Waals surface area (Å²) < 4.78 is 2.02. The van der Waals surface area contributed by atoms with Crippen LogP contribution >= 0.6 is 0 Å². The molecular formula is C27H30N6O. The van der Waals surface area contributed by atoms with E-state index in [1.807, 2.05) is 22.9 Å². The minimum absolute atomic E-state index is 0.0709. The molecule has 1 aliphatic heterocycles. The van der Waals surface area contributed by atoms with Crippen molar-refractivity contribution in [2.24, 2.45) is 0 Å². The van der Waals surface area contributed by atoms with Gasteiger partial charge in [0.15, 0.2) is 5.82 Å². The SMILES string of the molecule is Cc1ccc2[nH]c(=O)c([C@H](c3nnnn3C3CCCCC3)N3CCc4ccccc4C3)cc2c1. The second-order valence-corrected chi connectivity index (χ2v) is 9.81. The van der Waals surface area contributed by atoms with Gasteiger partial charge in [0.2, 0.25) is 0 Å². The number of nitrogens with one attached hydrogen (secondary N) is 1. The molecule has 3 heterocycles. The van der Waals surface area contributed by atoms with E-state index in [-0.39, 0.29) is 11.6 Å². The lowest BCUT2D eigenvalue weighted by Gasteiger charge is -2.35. The summed E-state index contributed by atoms with van der Waals surface area (Å²) in [6.45, 7) is 3.70. The third kappa shape index (κ3) is 3.84. The number of tetrazole rings is 1. The Morgan fingerprint density at radius 2 is 1.85 bits per heavy atom. The summed E-state index contributed by atoms with van der Waals surface area (Å²) >= 11 is 0. The maximum absolute atomic E-state index is 13.5. The van der Waals surface area contributed by atoms with Crippen molar-refractivity contribution in [2.45, 2.75) is 64.1 Å². The van der Waals surface area contributed by atoms with E-state index < -0.39 is 0 Å². The van der Waals surface area contributed by atoms with Crippen LogP contribution in [-0.2, 0) is 13.0 Å². The van der Waals surface area contributed by atoms with E-state index in [1.165, 1.54) is 36.0 Å². The normalized spacial score (nSPS) is 18.1. The average molecular weight is 455 g/mol. The first kappa shape index (κ1) is 21.2. The molecule has 2 aromatic carbocycles. The molecule has 7 heteroatoms. The molecule has 2 aliphatic rings.